The normalized spacial score (nSPS) is 10.7. The van der Waals surface area contributed by atoms with Crippen molar-refractivity contribution < 1.29 is 23.8 Å². The van der Waals surface area contributed by atoms with Crippen molar-refractivity contribution in [3.05, 3.63) is 81.8 Å². The lowest BCUT2D eigenvalue weighted by molar-refractivity contribution is -0.124. The van der Waals surface area contributed by atoms with E-state index < -0.39 is 0 Å². The average molecular weight is 558 g/mol. The number of benzene rings is 3. The number of rotatable bonds is 13. The van der Waals surface area contributed by atoms with Crippen molar-refractivity contribution in [2.75, 3.05) is 18.5 Å². The summed E-state index contributed by atoms with van der Waals surface area (Å²) in [7, 11) is 0. The zero-order valence-corrected chi connectivity index (χ0v) is 22.6. The fourth-order valence-electron chi connectivity index (χ4n) is 3.27. The van der Waals surface area contributed by atoms with E-state index in [9.17, 15) is 9.59 Å². The fraction of sp³-hybridized carbons (Fsp3) is 0.250. The average Bonchev–Trinajstić information content (AvgIpc) is 2.89. The van der Waals surface area contributed by atoms with Gasteiger partial charge in [0.25, 0.3) is 0 Å². The molecule has 0 aliphatic heterocycles. The second-order valence-corrected chi connectivity index (χ2v) is 8.81. The third kappa shape index (κ3) is 9.28. The summed E-state index contributed by atoms with van der Waals surface area (Å²) >= 11 is 12.2. The number of ether oxygens (including phenoxy) is 3. The van der Waals surface area contributed by atoms with Gasteiger partial charge in [-0.1, -0.05) is 29.3 Å². The van der Waals surface area contributed by atoms with Crippen molar-refractivity contribution >= 4 is 46.9 Å². The van der Waals surface area contributed by atoms with Gasteiger partial charge in [0.1, 0.15) is 12.4 Å². The first-order valence-corrected chi connectivity index (χ1v) is 12.8. The molecule has 8 nitrogen and oxygen atoms in total. The summed E-state index contributed by atoms with van der Waals surface area (Å²) < 4.78 is 17.0. The standard InChI is InChI=1S/C28H29Cl2N3O5/c1-3-36-23-10-8-22(9-11-23)32-27(34)13-14-28(35)33-31-17-19-5-12-25(26(15-19)37-4-2)38-18-20-6-7-21(29)16-24(20)30/h5-12,15-17H,3-4,13-14,18H2,1-2H3,(H,32,34)(H,33,35). The summed E-state index contributed by atoms with van der Waals surface area (Å²) in [6.07, 6.45) is 1.50. The minimum Gasteiger partial charge on any atom is -0.494 e. The largest absolute Gasteiger partial charge is 0.494 e. The quantitative estimate of drug-likeness (QED) is 0.191. The van der Waals surface area contributed by atoms with Crippen molar-refractivity contribution in [1.82, 2.24) is 5.43 Å². The number of anilines is 1. The molecule has 200 valence electrons. The number of carbonyl (C=O) groups excluding carboxylic acids is 2. The molecule has 0 bridgehead atoms. The van der Waals surface area contributed by atoms with Crippen LogP contribution in [0, 0.1) is 0 Å². The van der Waals surface area contributed by atoms with Crippen LogP contribution in [0.4, 0.5) is 5.69 Å². The smallest absolute Gasteiger partial charge is 0.240 e. The fourth-order valence-corrected chi connectivity index (χ4v) is 3.74. The van der Waals surface area contributed by atoms with E-state index in [-0.39, 0.29) is 31.3 Å². The Labute approximate surface area is 231 Å². The highest BCUT2D eigenvalue weighted by Crippen LogP contribution is 2.30. The summed E-state index contributed by atoms with van der Waals surface area (Å²) in [5.74, 6) is 1.13. The maximum Gasteiger partial charge on any atom is 0.240 e. The molecule has 0 fully saturated rings. The van der Waals surface area contributed by atoms with Gasteiger partial charge in [0.2, 0.25) is 11.8 Å². The maximum absolute atomic E-state index is 12.1. The molecule has 2 amide bonds. The van der Waals surface area contributed by atoms with Gasteiger partial charge >= 0.3 is 0 Å². The van der Waals surface area contributed by atoms with Crippen LogP contribution in [0.5, 0.6) is 17.2 Å². The van der Waals surface area contributed by atoms with Crippen LogP contribution in [-0.4, -0.2) is 31.2 Å². The van der Waals surface area contributed by atoms with Gasteiger partial charge in [-0.25, -0.2) is 5.43 Å². The monoisotopic (exact) mass is 557 g/mol. The third-order valence-electron chi connectivity index (χ3n) is 5.10. The van der Waals surface area contributed by atoms with Gasteiger partial charge in [0.15, 0.2) is 11.5 Å². The van der Waals surface area contributed by atoms with E-state index in [1.54, 1.807) is 60.7 Å². The lowest BCUT2D eigenvalue weighted by Crippen LogP contribution is -2.20. The molecule has 3 aromatic rings. The van der Waals surface area contributed by atoms with E-state index in [2.05, 4.69) is 15.8 Å². The van der Waals surface area contributed by atoms with Crippen molar-refractivity contribution in [3.63, 3.8) is 0 Å². The van der Waals surface area contributed by atoms with Gasteiger partial charge in [-0.2, -0.15) is 5.10 Å². The van der Waals surface area contributed by atoms with E-state index in [1.165, 1.54) is 6.21 Å². The molecule has 0 aliphatic rings. The SMILES string of the molecule is CCOc1ccc(NC(=O)CCC(=O)NN=Cc2ccc(OCc3ccc(Cl)cc3Cl)c(OCC)c2)cc1. The Hall–Kier alpha value is -3.75. The summed E-state index contributed by atoms with van der Waals surface area (Å²) in [5.41, 5.74) is 4.55. The minimum absolute atomic E-state index is 0.00949. The van der Waals surface area contributed by atoms with Gasteiger partial charge in [0.05, 0.1) is 19.4 Å². The maximum atomic E-state index is 12.1. The number of nitrogens with one attached hydrogen (secondary N) is 2. The Balaban J connectivity index is 1.48. The zero-order chi connectivity index (χ0) is 27.3. The van der Waals surface area contributed by atoms with Crippen LogP contribution in [-0.2, 0) is 16.2 Å². The molecule has 0 aliphatic carbocycles. The number of halogens is 2. The molecule has 0 spiro atoms. The predicted molar refractivity (Wildman–Crippen MR) is 150 cm³/mol. The van der Waals surface area contributed by atoms with E-state index in [4.69, 9.17) is 37.4 Å². The molecule has 3 aromatic carbocycles. The Bertz CT molecular complexity index is 1270. The second kappa shape index (κ2) is 14.9. The van der Waals surface area contributed by atoms with Gasteiger partial charge in [-0.3, -0.25) is 9.59 Å². The molecule has 38 heavy (non-hydrogen) atoms. The molecule has 0 atom stereocenters. The van der Waals surface area contributed by atoms with Gasteiger partial charge in [-0.15, -0.1) is 0 Å². The molecular weight excluding hydrogens is 529 g/mol. The van der Waals surface area contributed by atoms with Crippen LogP contribution in [0.15, 0.2) is 65.8 Å². The Kier molecular flexibility index (Phi) is 11.3. The molecule has 3 rings (SSSR count). The topological polar surface area (TPSA) is 98.2 Å². The Morgan fingerprint density at radius 2 is 1.58 bits per heavy atom. The van der Waals surface area contributed by atoms with Crippen molar-refractivity contribution in [3.8, 4) is 17.2 Å². The first-order valence-electron chi connectivity index (χ1n) is 12.1. The van der Waals surface area contributed by atoms with E-state index >= 15 is 0 Å². The van der Waals surface area contributed by atoms with E-state index in [0.717, 1.165) is 11.3 Å². The summed E-state index contributed by atoms with van der Waals surface area (Å²) in [4.78, 5) is 24.2. The summed E-state index contributed by atoms with van der Waals surface area (Å²) in [6.45, 7) is 5.01. The number of amides is 2. The summed E-state index contributed by atoms with van der Waals surface area (Å²) in [6, 6.07) is 17.5. The number of hydrazone groups is 1. The molecule has 0 aromatic heterocycles. The molecule has 0 saturated heterocycles. The molecule has 0 saturated carbocycles. The Morgan fingerprint density at radius 1 is 0.842 bits per heavy atom. The highest BCUT2D eigenvalue weighted by molar-refractivity contribution is 6.35. The lowest BCUT2D eigenvalue weighted by Gasteiger charge is -2.13. The third-order valence-corrected chi connectivity index (χ3v) is 5.68. The van der Waals surface area contributed by atoms with Gasteiger partial charge < -0.3 is 19.5 Å². The first-order chi connectivity index (χ1) is 18.4. The number of hydrogen-bond acceptors (Lipinski definition) is 6. The van der Waals surface area contributed by atoms with Crippen molar-refractivity contribution in [2.45, 2.75) is 33.3 Å². The molecule has 0 radical (unpaired) electrons. The molecule has 2 N–H and O–H groups in total. The molecular formula is C28H29Cl2N3O5. The Morgan fingerprint density at radius 3 is 2.29 bits per heavy atom. The highest BCUT2D eigenvalue weighted by atomic mass is 35.5. The molecule has 0 heterocycles. The van der Waals surface area contributed by atoms with Crippen LogP contribution in [0.3, 0.4) is 0 Å². The summed E-state index contributed by atoms with van der Waals surface area (Å²) in [5, 5.41) is 7.79. The number of carbonyl (C=O) groups is 2. The second-order valence-electron chi connectivity index (χ2n) is 7.96. The lowest BCUT2D eigenvalue weighted by atomic mass is 10.2. The van der Waals surface area contributed by atoms with Crippen LogP contribution in [0.2, 0.25) is 10.0 Å². The van der Waals surface area contributed by atoms with E-state index in [0.29, 0.717) is 46.0 Å². The van der Waals surface area contributed by atoms with Crippen LogP contribution in [0.1, 0.15) is 37.8 Å². The molecule has 0 unspecified atom stereocenters. The minimum atomic E-state index is -0.382. The van der Waals surface area contributed by atoms with Crippen LogP contribution < -0.4 is 25.0 Å². The number of hydrogen-bond donors (Lipinski definition) is 2. The van der Waals surface area contributed by atoms with Gasteiger partial charge in [0, 0.05) is 34.1 Å². The zero-order valence-electron chi connectivity index (χ0n) is 21.1. The first kappa shape index (κ1) is 28.8. The molecule has 10 heteroatoms. The van der Waals surface area contributed by atoms with Crippen LogP contribution >= 0.6 is 23.2 Å². The van der Waals surface area contributed by atoms with E-state index in [1.807, 2.05) is 13.8 Å². The van der Waals surface area contributed by atoms with Gasteiger partial charge in [-0.05, 0) is 74.0 Å². The van der Waals surface area contributed by atoms with Crippen molar-refractivity contribution in [1.29, 1.82) is 0 Å². The number of nitrogens with zero attached hydrogens (tertiary/aromatic N) is 1. The van der Waals surface area contributed by atoms with Crippen molar-refractivity contribution in [2.24, 2.45) is 5.10 Å². The predicted octanol–water partition coefficient (Wildman–Crippen LogP) is 6.24. The highest BCUT2D eigenvalue weighted by Gasteiger charge is 2.10. The van der Waals surface area contributed by atoms with Crippen LogP contribution in [0.25, 0.3) is 0 Å².